The number of amides is 2. The van der Waals surface area contributed by atoms with Crippen molar-refractivity contribution in [2.24, 2.45) is 0 Å². The van der Waals surface area contributed by atoms with Crippen molar-refractivity contribution in [3.05, 3.63) is 46.1 Å². The predicted molar refractivity (Wildman–Crippen MR) is 104 cm³/mol. The third-order valence-electron chi connectivity index (χ3n) is 4.04. The van der Waals surface area contributed by atoms with E-state index in [0.717, 1.165) is 11.3 Å². The van der Waals surface area contributed by atoms with Gasteiger partial charge >= 0.3 is 5.97 Å². The Morgan fingerprint density at radius 1 is 1.15 bits per heavy atom. The number of esters is 1. The van der Waals surface area contributed by atoms with Crippen molar-refractivity contribution in [3.8, 4) is 0 Å². The first-order valence-electron chi connectivity index (χ1n) is 8.75. The van der Waals surface area contributed by atoms with Crippen molar-refractivity contribution in [2.45, 2.75) is 27.7 Å². The van der Waals surface area contributed by atoms with Crippen molar-refractivity contribution in [3.63, 3.8) is 0 Å². The van der Waals surface area contributed by atoms with Gasteiger partial charge in [0, 0.05) is 31.0 Å². The summed E-state index contributed by atoms with van der Waals surface area (Å²) in [5.74, 6) is -1.11. The van der Waals surface area contributed by atoms with Crippen LogP contribution in [-0.4, -0.2) is 47.4 Å². The van der Waals surface area contributed by atoms with Crippen LogP contribution in [-0.2, 0) is 4.74 Å². The minimum absolute atomic E-state index is 0.169. The molecule has 27 heavy (non-hydrogen) atoms. The van der Waals surface area contributed by atoms with Crippen molar-refractivity contribution in [1.29, 1.82) is 0 Å². The molecular weight excluding hydrogens is 366 g/mol. The van der Waals surface area contributed by atoms with Crippen molar-refractivity contribution < 1.29 is 19.1 Å². The van der Waals surface area contributed by atoms with Crippen molar-refractivity contribution >= 4 is 34.1 Å². The molecule has 0 atom stereocenters. The number of rotatable bonds is 7. The number of aromatic nitrogens is 1. The van der Waals surface area contributed by atoms with Crippen LogP contribution in [0, 0.1) is 6.92 Å². The summed E-state index contributed by atoms with van der Waals surface area (Å²) in [4.78, 5) is 43.7. The monoisotopic (exact) mass is 389 g/mol. The average molecular weight is 389 g/mol. The predicted octanol–water partition coefficient (Wildman–Crippen LogP) is 3.36. The molecule has 7 nitrogen and oxygen atoms in total. The lowest BCUT2D eigenvalue weighted by Crippen LogP contribution is -2.30. The second-order valence-corrected chi connectivity index (χ2v) is 6.67. The average Bonchev–Trinajstić information content (AvgIpc) is 2.99. The first-order valence-corrected chi connectivity index (χ1v) is 9.57. The number of thiophene rings is 1. The van der Waals surface area contributed by atoms with Crippen LogP contribution in [0.4, 0.5) is 5.00 Å². The standard InChI is InChI=1S/C19H23N3O4S/c1-5-22(6-2)18(24)15-12(4)14(19(25)26-7-3)17(27-15)21-16(23)13-8-10-20-11-9-13/h8-11H,5-7H2,1-4H3,(H,21,23). The van der Waals surface area contributed by atoms with Crippen LogP contribution in [0.15, 0.2) is 24.5 Å². The summed E-state index contributed by atoms with van der Waals surface area (Å²) in [6, 6.07) is 3.14. The van der Waals surface area contributed by atoms with Crippen molar-refractivity contribution in [1.82, 2.24) is 9.88 Å². The molecule has 144 valence electrons. The molecule has 0 bridgehead atoms. The Kier molecular flexibility index (Phi) is 7.06. The highest BCUT2D eigenvalue weighted by atomic mass is 32.1. The zero-order valence-electron chi connectivity index (χ0n) is 15.9. The largest absolute Gasteiger partial charge is 0.462 e. The SMILES string of the molecule is CCOC(=O)c1c(NC(=O)c2ccncc2)sc(C(=O)N(CC)CC)c1C. The van der Waals surface area contributed by atoms with E-state index < -0.39 is 5.97 Å². The molecule has 8 heteroatoms. The van der Waals surface area contributed by atoms with Gasteiger partial charge in [0.05, 0.1) is 17.0 Å². The summed E-state index contributed by atoms with van der Waals surface area (Å²) in [6.45, 7) is 8.50. The van der Waals surface area contributed by atoms with E-state index in [9.17, 15) is 14.4 Å². The zero-order chi connectivity index (χ0) is 20.0. The molecule has 2 heterocycles. The molecule has 2 aromatic rings. The maximum Gasteiger partial charge on any atom is 0.341 e. The Morgan fingerprint density at radius 3 is 2.33 bits per heavy atom. The van der Waals surface area contributed by atoms with Crippen LogP contribution >= 0.6 is 11.3 Å². The number of hydrogen-bond donors (Lipinski definition) is 1. The molecule has 2 aromatic heterocycles. The molecule has 1 N–H and O–H groups in total. The summed E-state index contributed by atoms with van der Waals surface area (Å²) in [7, 11) is 0. The van der Waals surface area contributed by atoms with Gasteiger partial charge in [0.2, 0.25) is 0 Å². The maximum atomic E-state index is 12.8. The number of pyridine rings is 1. The van der Waals surface area contributed by atoms with E-state index in [-0.39, 0.29) is 24.0 Å². The lowest BCUT2D eigenvalue weighted by Gasteiger charge is -2.18. The van der Waals surface area contributed by atoms with E-state index in [2.05, 4.69) is 10.3 Å². The van der Waals surface area contributed by atoms with Crippen LogP contribution in [0.3, 0.4) is 0 Å². The van der Waals surface area contributed by atoms with E-state index in [1.807, 2.05) is 13.8 Å². The van der Waals surface area contributed by atoms with Crippen LogP contribution in [0.1, 0.15) is 56.7 Å². The number of anilines is 1. The van der Waals surface area contributed by atoms with E-state index in [0.29, 0.717) is 34.1 Å². The van der Waals surface area contributed by atoms with Gasteiger partial charge in [-0.2, -0.15) is 0 Å². The minimum Gasteiger partial charge on any atom is -0.462 e. The van der Waals surface area contributed by atoms with Gasteiger partial charge in [-0.3, -0.25) is 14.6 Å². The third-order valence-corrected chi connectivity index (χ3v) is 5.24. The van der Waals surface area contributed by atoms with E-state index >= 15 is 0 Å². The van der Waals surface area contributed by atoms with Gasteiger partial charge in [0.25, 0.3) is 11.8 Å². The molecule has 0 fully saturated rings. The quantitative estimate of drug-likeness (QED) is 0.734. The summed E-state index contributed by atoms with van der Waals surface area (Å²) in [5, 5.41) is 3.05. The van der Waals surface area contributed by atoms with Gasteiger partial charge in [-0.1, -0.05) is 0 Å². The number of carbonyl (C=O) groups is 3. The first-order chi connectivity index (χ1) is 12.9. The first kappa shape index (κ1) is 20.6. The van der Waals surface area contributed by atoms with E-state index in [1.54, 1.807) is 30.9 Å². The summed E-state index contributed by atoms with van der Waals surface area (Å²) >= 11 is 1.09. The van der Waals surface area contributed by atoms with E-state index in [1.165, 1.54) is 12.4 Å². The molecule has 0 saturated carbocycles. The van der Waals surface area contributed by atoms with E-state index in [4.69, 9.17) is 4.74 Å². The second kappa shape index (κ2) is 9.27. The fraction of sp³-hybridized carbons (Fsp3) is 0.368. The number of hydrogen-bond acceptors (Lipinski definition) is 6. The molecular formula is C19H23N3O4S. The van der Waals surface area contributed by atoms with Crippen LogP contribution < -0.4 is 5.32 Å². The second-order valence-electron chi connectivity index (χ2n) is 5.65. The Bertz CT molecular complexity index is 829. The molecule has 0 spiro atoms. The highest BCUT2D eigenvalue weighted by molar-refractivity contribution is 7.18. The Balaban J connectivity index is 2.45. The van der Waals surface area contributed by atoms with Gasteiger partial charge in [0.15, 0.2) is 0 Å². The molecule has 0 aliphatic heterocycles. The minimum atomic E-state index is -0.560. The molecule has 2 amide bonds. The zero-order valence-corrected chi connectivity index (χ0v) is 16.7. The fourth-order valence-corrected chi connectivity index (χ4v) is 3.75. The molecule has 0 aliphatic carbocycles. The van der Waals surface area contributed by atoms with Gasteiger partial charge in [-0.05, 0) is 45.4 Å². The summed E-state index contributed by atoms with van der Waals surface area (Å²) in [6.07, 6.45) is 3.02. The van der Waals surface area contributed by atoms with Gasteiger partial charge in [-0.15, -0.1) is 11.3 Å². The molecule has 0 saturated heterocycles. The number of ether oxygens (including phenoxy) is 1. The van der Waals surface area contributed by atoms with Crippen LogP contribution in [0.25, 0.3) is 0 Å². The van der Waals surface area contributed by atoms with Gasteiger partial charge in [-0.25, -0.2) is 4.79 Å². The van der Waals surface area contributed by atoms with Crippen molar-refractivity contribution in [2.75, 3.05) is 25.0 Å². The van der Waals surface area contributed by atoms with Gasteiger partial charge in [0.1, 0.15) is 5.00 Å². The number of carbonyl (C=O) groups excluding carboxylic acids is 3. The normalized spacial score (nSPS) is 10.4. The highest BCUT2D eigenvalue weighted by Crippen LogP contribution is 2.35. The van der Waals surface area contributed by atoms with Gasteiger partial charge < -0.3 is 15.0 Å². The maximum absolute atomic E-state index is 12.8. The molecule has 0 aliphatic rings. The molecule has 2 rings (SSSR count). The third kappa shape index (κ3) is 4.51. The lowest BCUT2D eigenvalue weighted by molar-refractivity contribution is 0.0527. The van der Waals surface area contributed by atoms with Crippen LogP contribution in [0.5, 0.6) is 0 Å². The number of nitrogens with zero attached hydrogens (tertiary/aromatic N) is 2. The molecule has 0 aromatic carbocycles. The Labute approximate surface area is 162 Å². The van der Waals surface area contributed by atoms with Crippen LogP contribution in [0.2, 0.25) is 0 Å². The molecule has 0 radical (unpaired) electrons. The Hall–Kier alpha value is -2.74. The summed E-state index contributed by atoms with van der Waals surface area (Å²) < 4.78 is 5.12. The summed E-state index contributed by atoms with van der Waals surface area (Å²) in [5.41, 5.74) is 1.14. The number of nitrogens with one attached hydrogen (secondary N) is 1. The topological polar surface area (TPSA) is 88.6 Å². The smallest absolute Gasteiger partial charge is 0.341 e. The fourth-order valence-electron chi connectivity index (χ4n) is 2.59. The Morgan fingerprint density at radius 2 is 1.78 bits per heavy atom. The highest BCUT2D eigenvalue weighted by Gasteiger charge is 2.28. The lowest BCUT2D eigenvalue weighted by atomic mass is 10.1. The molecule has 0 unspecified atom stereocenters.